The minimum atomic E-state index is -1.60. The van der Waals surface area contributed by atoms with Crippen LogP contribution in [-0.4, -0.2) is 93.7 Å². The Balaban J connectivity index is 2.21. The van der Waals surface area contributed by atoms with Gasteiger partial charge in [-0.1, -0.05) is 12.1 Å². The van der Waals surface area contributed by atoms with Crippen LogP contribution in [0.4, 0.5) is 15.3 Å². The lowest BCUT2D eigenvalue weighted by Gasteiger charge is -2.31. The van der Waals surface area contributed by atoms with Gasteiger partial charge in [0.05, 0.1) is 11.3 Å². The lowest BCUT2D eigenvalue weighted by atomic mass is 10.1. The fourth-order valence-corrected chi connectivity index (χ4v) is 4.91. The quantitative estimate of drug-likeness (QED) is 0.0701. The second kappa shape index (κ2) is 21.0. The van der Waals surface area contributed by atoms with Gasteiger partial charge >= 0.3 is 30.1 Å². The Morgan fingerprint density at radius 2 is 1.20 bits per heavy atom. The standard InChI is InChI=1S/C42H56N4O13/c1-25(47)21-32(36(51)57-40(4,5)6)45-34(49)23-46(33(22-26(2)48)37(52)58-41(7,8)9)39(54)55-24-28-13-19-31(20-14-28)56-35(50)29-15-17-30(18-16-29)43-27(3)44-38(53)59-42(10,11)12/h13-20,32-33H,21-24H2,1-12H3,(H,45,49)(H,43,44,53)/t32-,33-/m0/s1. The van der Waals surface area contributed by atoms with Crippen LogP contribution in [-0.2, 0) is 49.5 Å². The zero-order chi connectivity index (χ0) is 44.9. The second-order valence-corrected chi connectivity index (χ2v) is 16.6. The van der Waals surface area contributed by atoms with Gasteiger partial charge in [0.15, 0.2) is 0 Å². The van der Waals surface area contributed by atoms with Crippen LogP contribution < -0.4 is 15.4 Å². The molecule has 0 saturated carbocycles. The first-order valence-electron chi connectivity index (χ1n) is 18.7. The SMILES string of the molecule is CC(=O)C[C@H](NC(=O)CN(C(=O)OCc1ccc(OC(=O)c2ccc(N=C(C)NC(=O)OC(C)(C)C)cc2)cc1)[C@@H](CC(C)=O)C(=O)OC(C)(C)C)C(=O)OC(C)(C)C. The number of ketones is 2. The molecule has 17 heteroatoms. The number of hydrogen-bond acceptors (Lipinski definition) is 14. The van der Waals surface area contributed by atoms with Gasteiger partial charge < -0.3 is 29.0 Å². The van der Waals surface area contributed by atoms with Crippen LogP contribution in [0.5, 0.6) is 5.75 Å². The first kappa shape index (κ1) is 49.0. The molecule has 2 rings (SSSR count). The molecule has 0 fully saturated rings. The topological polar surface area (TPSA) is 222 Å². The maximum atomic E-state index is 13.6. The zero-order valence-electron chi connectivity index (χ0n) is 35.8. The summed E-state index contributed by atoms with van der Waals surface area (Å²) in [6.07, 6.45) is -2.75. The summed E-state index contributed by atoms with van der Waals surface area (Å²) in [5.74, 6) is -3.97. The first-order chi connectivity index (χ1) is 27.1. The van der Waals surface area contributed by atoms with Gasteiger partial charge in [0.25, 0.3) is 0 Å². The molecule has 59 heavy (non-hydrogen) atoms. The van der Waals surface area contributed by atoms with Gasteiger partial charge in [0.2, 0.25) is 5.91 Å². The molecular weight excluding hydrogens is 768 g/mol. The molecule has 0 aliphatic carbocycles. The smallest absolute Gasteiger partial charge is 0.413 e. The molecule has 0 bridgehead atoms. The third kappa shape index (κ3) is 19.2. The van der Waals surface area contributed by atoms with Gasteiger partial charge in [0, 0.05) is 12.8 Å². The van der Waals surface area contributed by atoms with Crippen molar-refractivity contribution >= 4 is 59.1 Å². The van der Waals surface area contributed by atoms with Crippen LogP contribution in [0.2, 0.25) is 0 Å². The van der Waals surface area contributed by atoms with E-state index in [-0.39, 0.29) is 23.8 Å². The second-order valence-electron chi connectivity index (χ2n) is 16.6. The molecule has 322 valence electrons. The van der Waals surface area contributed by atoms with E-state index < -0.39 is 95.8 Å². The number of benzene rings is 2. The zero-order valence-corrected chi connectivity index (χ0v) is 35.8. The minimum absolute atomic E-state index is 0.166. The van der Waals surface area contributed by atoms with Gasteiger partial charge in [-0.15, -0.1) is 0 Å². The van der Waals surface area contributed by atoms with E-state index in [0.717, 1.165) is 4.90 Å². The molecule has 2 atom stereocenters. The fraction of sp³-hybridized carbons (Fsp3) is 0.500. The predicted molar refractivity (Wildman–Crippen MR) is 215 cm³/mol. The van der Waals surface area contributed by atoms with Crippen molar-refractivity contribution in [1.82, 2.24) is 15.5 Å². The first-order valence-corrected chi connectivity index (χ1v) is 18.7. The van der Waals surface area contributed by atoms with Crippen molar-refractivity contribution in [3.8, 4) is 5.75 Å². The highest BCUT2D eigenvalue weighted by molar-refractivity contribution is 5.96. The molecular formula is C42H56N4O13. The Morgan fingerprint density at radius 3 is 1.71 bits per heavy atom. The number of ether oxygens (including phenoxy) is 5. The molecule has 0 heterocycles. The molecule has 0 saturated heterocycles. The lowest BCUT2D eigenvalue weighted by Crippen LogP contribution is -2.54. The summed E-state index contributed by atoms with van der Waals surface area (Å²) in [7, 11) is 0. The molecule has 0 aliphatic heterocycles. The number of carbonyl (C=O) groups excluding carboxylic acids is 8. The van der Waals surface area contributed by atoms with E-state index in [1.54, 1.807) is 81.4 Å². The molecule has 3 amide bonds. The summed E-state index contributed by atoms with van der Waals surface area (Å²) in [6, 6.07) is 9.07. The number of amidine groups is 1. The number of hydrogen-bond donors (Lipinski definition) is 2. The van der Waals surface area contributed by atoms with Crippen LogP contribution in [0.25, 0.3) is 0 Å². The van der Waals surface area contributed by atoms with Crippen LogP contribution >= 0.6 is 0 Å². The summed E-state index contributed by atoms with van der Waals surface area (Å²) in [5, 5.41) is 4.92. The number of nitrogens with zero attached hydrogens (tertiary/aromatic N) is 2. The van der Waals surface area contributed by atoms with Crippen LogP contribution in [0.3, 0.4) is 0 Å². The van der Waals surface area contributed by atoms with E-state index in [0.29, 0.717) is 11.3 Å². The highest BCUT2D eigenvalue weighted by Gasteiger charge is 2.38. The van der Waals surface area contributed by atoms with Gasteiger partial charge in [-0.2, -0.15) is 0 Å². The molecule has 0 aliphatic rings. The van der Waals surface area contributed by atoms with Crippen molar-refractivity contribution in [3.63, 3.8) is 0 Å². The summed E-state index contributed by atoms with van der Waals surface area (Å²) >= 11 is 0. The Bertz CT molecular complexity index is 1880. The number of nitrogens with one attached hydrogen (secondary N) is 2. The average Bonchev–Trinajstić information content (AvgIpc) is 3.06. The van der Waals surface area contributed by atoms with Crippen molar-refractivity contribution in [2.75, 3.05) is 6.54 Å². The Morgan fingerprint density at radius 1 is 0.678 bits per heavy atom. The van der Waals surface area contributed by atoms with Crippen LogP contribution in [0.15, 0.2) is 53.5 Å². The third-order valence-electron chi connectivity index (χ3n) is 7.18. The average molecular weight is 825 g/mol. The van der Waals surface area contributed by atoms with Crippen LogP contribution in [0, 0.1) is 0 Å². The number of aliphatic imine (C=N–C) groups is 1. The van der Waals surface area contributed by atoms with Crippen molar-refractivity contribution in [2.24, 2.45) is 4.99 Å². The van der Waals surface area contributed by atoms with Crippen molar-refractivity contribution in [1.29, 1.82) is 0 Å². The van der Waals surface area contributed by atoms with E-state index in [1.807, 2.05) is 0 Å². The normalized spacial score (nSPS) is 12.8. The fourth-order valence-electron chi connectivity index (χ4n) is 4.91. The molecule has 0 aromatic heterocycles. The van der Waals surface area contributed by atoms with Crippen molar-refractivity contribution < 1.29 is 62.0 Å². The van der Waals surface area contributed by atoms with E-state index in [1.165, 1.54) is 50.2 Å². The summed E-state index contributed by atoms with van der Waals surface area (Å²) in [6.45, 7) is 17.6. The Labute approximate surface area is 344 Å². The van der Waals surface area contributed by atoms with Gasteiger partial charge in [-0.05, 0) is 125 Å². The molecule has 17 nitrogen and oxygen atoms in total. The largest absolute Gasteiger partial charge is 0.458 e. The Hall–Kier alpha value is -6.13. The molecule has 2 aromatic carbocycles. The summed E-state index contributed by atoms with van der Waals surface area (Å²) in [4.78, 5) is 107. The third-order valence-corrected chi connectivity index (χ3v) is 7.18. The molecule has 2 aromatic rings. The van der Waals surface area contributed by atoms with E-state index in [2.05, 4.69) is 15.6 Å². The summed E-state index contributed by atoms with van der Waals surface area (Å²) < 4.78 is 27.0. The number of amides is 3. The molecule has 0 spiro atoms. The molecule has 2 N–H and O–H groups in total. The number of esters is 3. The maximum absolute atomic E-state index is 13.6. The highest BCUT2D eigenvalue weighted by Crippen LogP contribution is 2.20. The van der Waals surface area contributed by atoms with E-state index >= 15 is 0 Å². The van der Waals surface area contributed by atoms with Crippen LogP contribution in [0.1, 0.15) is 112 Å². The highest BCUT2D eigenvalue weighted by atomic mass is 16.6. The van der Waals surface area contributed by atoms with Gasteiger partial charge in [-0.3, -0.25) is 24.6 Å². The van der Waals surface area contributed by atoms with Gasteiger partial charge in [-0.25, -0.2) is 29.0 Å². The Kier molecular flexibility index (Phi) is 17.5. The number of carbonyl (C=O) groups is 8. The number of alkyl carbamates (subject to hydrolysis) is 1. The monoisotopic (exact) mass is 824 g/mol. The van der Waals surface area contributed by atoms with E-state index in [4.69, 9.17) is 23.7 Å². The molecule has 0 unspecified atom stereocenters. The number of Topliss-reactive ketones (excluding diaryl/α,β-unsaturated/α-hetero) is 2. The maximum Gasteiger partial charge on any atom is 0.413 e. The molecule has 0 radical (unpaired) electrons. The van der Waals surface area contributed by atoms with Crippen molar-refractivity contribution in [2.45, 2.75) is 131 Å². The van der Waals surface area contributed by atoms with Crippen molar-refractivity contribution in [3.05, 3.63) is 59.7 Å². The predicted octanol–water partition coefficient (Wildman–Crippen LogP) is 5.91. The van der Waals surface area contributed by atoms with Gasteiger partial charge in [0.1, 0.15) is 65.2 Å². The minimum Gasteiger partial charge on any atom is -0.458 e. The number of rotatable bonds is 15. The lowest BCUT2D eigenvalue weighted by molar-refractivity contribution is -0.163. The van der Waals surface area contributed by atoms with E-state index in [9.17, 15) is 38.4 Å². The summed E-state index contributed by atoms with van der Waals surface area (Å²) in [5.41, 5.74) is -1.54.